The van der Waals surface area contributed by atoms with Crippen LogP contribution in [0.15, 0.2) is 6.07 Å². The van der Waals surface area contributed by atoms with Crippen molar-refractivity contribution in [1.29, 1.82) is 0 Å². The smallest absolute Gasteiger partial charge is 0.345 e. The summed E-state index contributed by atoms with van der Waals surface area (Å²) in [5.74, 6) is 1.63. The molecule has 0 spiro atoms. The summed E-state index contributed by atoms with van der Waals surface area (Å²) in [5, 5.41) is 12.5. The molecule has 1 saturated heterocycles. The molecule has 0 amide bonds. The fraction of sp³-hybridized carbons (Fsp3) is 0.583. The van der Waals surface area contributed by atoms with Gasteiger partial charge in [-0.1, -0.05) is 0 Å². The normalized spacial score (nSPS) is 20.4. The minimum absolute atomic E-state index is 0.442. The largest absolute Gasteiger partial charge is 0.477 e. The molecule has 2 heterocycles. The van der Waals surface area contributed by atoms with Crippen molar-refractivity contribution in [2.24, 2.45) is 0 Å². The molecule has 1 atom stereocenters. The molecule has 0 saturated carbocycles. The molecule has 5 heteroatoms. The summed E-state index contributed by atoms with van der Waals surface area (Å²) in [6.45, 7) is 2.78. The Balaban J connectivity index is 1.91. The highest BCUT2D eigenvalue weighted by molar-refractivity contribution is 7.99. The second kappa shape index (κ2) is 5.89. The summed E-state index contributed by atoms with van der Waals surface area (Å²) in [6, 6.07) is 2.38. The van der Waals surface area contributed by atoms with Gasteiger partial charge in [0.1, 0.15) is 4.88 Å². The van der Waals surface area contributed by atoms with Gasteiger partial charge >= 0.3 is 5.97 Å². The topological polar surface area (TPSA) is 49.3 Å². The van der Waals surface area contributed by atoms with Gasteiger partial charge in [0.05, 0.1) is 0 Å². The number of carboxylic acid groups (broad SMARTS) is 1. The second-order valence-electron chi connectivity index (χ2n) is 4.29. The third-order valence-corrected chi connectivity index (χ3v) is 5.27. The van der Waals surface area contributed by atoms with Gasteiger partial charge in [0, 0.05) is 23.2 Å². The molecule has 1 aliphatic heterocycles. The molecular formula is C12H17NO2S2. The van der Waals surface area contributed by atoms with E-state index in [0.29, 0.717) is 10.9 Å². The maximum atomic E-state index is 10.9. The SMILES string of the molecule is Cc1sc(C(=O)O)cc1CNC1CCCSC1. The molecule has 2 N–H and O–H groups in total. The van der Waals surface area contributed by atoms with Crippen molar-refractivity contribution in [3.05, 3.63) is 21.4 Å². The van der Waals surface area contributed by atoms with E-state index in [1.54, 1.807) is 6.07 Å². The summed E-state index contributed by atoms with van der Waals surface area (Å²) in [6.07, 6.45) is 2.52. The van der Waals surface area contributed by atoms with E-state index in [0.717, 1.165) is 17.0 Å². The molecule has 1 fully saturated rings. The van der Waals surface area contributed by atoms with E-state index in [-0.39, 0.29) is 0 Å². The van der Waals surface area contributed by atoms with Crippen molar-refractivity contribution in [2.75, 3.05) is 11.5 Å². The number of aryl methyl sites for hydroxylation is 1. The number of hydrogen-bond acceptors (Lipinski definition) is 4. The van der Waals surface area contributed by atoms with Crippen molar-refractivity contribution in [3.8, 4) is 0 Å². The molecule has 3 nitrogen and oxygen atoms in total. The van der Waals surface area contributed by atoms with E-state index in [2.05, 4.69) is 5.32 Å². The summed E-state index contributed by atoms with van der Waals surface area (Å²) in [4.78, 5) is 12.4. The fourth-order valence-corrected chi connectivity index (χ4v) is 3.94. The molecule has 1 aromatic heterocycles. The van der Waals surface area contributed by atoms with Crippen LogP contribution in [0.4, 0.5) is 0 Å². The van der Waals surface area contributed by atoms with E-state index in [9.17, 15) is 4.79 Å². The zero-order valence-corrected chi connectivity index (χ0v) is 11.5. The van der Waals surface area contributed by atoms with Crippen molar-refractivity contribution < 1.29 is 9.90 Å². The molecule has 17 heavy (non-hydrogen) atoms. The van der Waals surface area contributed by atoms with Crippen LogP contribution in [0.3, 0.4) is 0 Å². The fourth-order valence-electron chi connectivity index (χ4n) is 1.96. The highest BCUT2D eigenvalue weighted by atomic mass is 32.2. The first kappa shape index (κ1) is 12.9. The Bertz CT molecular complexity index is 397. The first-order valence-corrected chi connectivity index (χ1v) is 7.77. The molecule has 0 aliphatic carbocycles. The summed E-state index contributed by atoms with van der Waals surface area (Å²) in [5.41, 5.74) is 1.13. The monoisotopic (exact) mass is 271 g/mol. The predicted molar refractivity (Wildman–Crippen MR) is 73.2 cm³/mol. The first-order valence-electron chi connectivity index (χ1n) is 5.80. The summed E-state index contributed by atoms with van der Waals surface area (Å²) >= 11 is 3.36. The second-order valence-corrected chi connectivity index (χ2v) is 6.70. The number of thiophene rings is 1. The minimum atomic E-state index is -0.822. The van der Waals surface area contributed by atoms with Crippen LogP contribution in [0.2, 0.25) is 0 Å². The van der Waals surface area contributed by atoms with Crippen LogP contribution in [0.25, 0.3) is 0 Å². The van der Waals surface area contributed by atoms with E-state index < -0.39 is 5.97 Å². The Morgan fingerprint density at radius 3 is 3.06 bits per heavy atom. The molecule has 94 valence electrons. The first-order chi connectivity index (χ1) is 8.16. The van der Waals surface area contributed by atoms with Crippen molar-refractivity contribution in [3.63, 3.8) is 0 Å². The average Bonchev–Trinajstić information content (AvgIpc) is 2.70. The van der Waals surface area contributed by atoms with Crippen LogP contribution in [0.5, 0.6) is 0 Å². The number of aromatic carboxylic acids is 1. The molecule has 0 radical (unpaired) electrons. The number of rotatable bonds is 4. The lowest BCUT2D eigenvalue weighted by molar-refractivity contribution is 0.0702. The third-order valence-electron chi connectivity index (χ3n) is 2.97. The lowest BCUT2D eigenvalue weighted by atomic mass is 10.1. The van der Waals surface area contributed by atoms with Gasteiger partial charge in [-0.25, -0.2) is 4.79 Å². The van der Waals surface area contributed by atoms with Crippen molar-refractivity contribution >= 4 is 29.1 Å². The number of thioether (sulfide) groups is 1. The van der Waals surface area contributed by atoms with E-state index in [1.807, 2.05) is 18.7 Å². The van der Waals surface area contributed by atoms with Crippen LogP contribution in [0.1, 0.15) is 33.0 Å². The Morgan fingerprint density at radius 1 is 1.65 bits per heavy atom. The Hall–Kier alpha value is -0.520. The molecule has 0 aromatic carbocycles. The van der Waals surface area contributed by atoms with Gasteiger partial charge in [-0.3, -0.25) is 0 Å². The van der Waals surface area contributed by atoms with Gasteiger partial charge in [0.2, 0.25) is 0 Å². The lowest BCUT2D eigenvalue weighted by Gasteiger charge is -2.22. The van der Waals surface area contributed by atoms with Gasteiger partial charge < -0.3 is 10.4 Å². The van der Waals surface area contributed by atoms with E-state index in [4.69, 9.17) is 5.11 Å². The Morgan fingerprint density at radius 2 is 2.47 bits per heavy atom. The average molecular weight is 271 g/mol. The van der Waals surface area contributed by atoms with Crippen LogP contribution >= 0.6 is 23.1 Å². The van der Waals surface area contributed by atoms with Gasteiger partial charge in [-0.2, -0.15) is 11.8 Å². The highest BCUT2D eigenvalue weighted by Gasteiger charge is 2.15. The lowest BCUT2D eigenvalue weighted by Crippen LogP contribution is -2.33. The van der Waals surface area contributed by atoms with Crippen molar-refractivity contribution in [1.82, 2.24) is 5.32 Å². The number of hydrogen-bond donors (Lipinski definition) is 2. The predicted octanol–water partition coefficient (Wildman–Crippen LogP) is 2.74. The minimum Gasteiger partial charge on any atom is -0.477 e. The van der Waals surface area contributed by atoms with Crippen LogP contribution in [-0.2, 0) is 6.54 Å². The van der Waals surface area contributed by atoms with Gasteiger partial charge in [-0.05, 0) is 37.1 Å². The zero-order valence-electron chi connectivity index (χ0n) is 9.86. The standard InChI is InChI=1S/C12H17NO2S2/c1-8-9(5-11(17-8)12(14)15)6-13-10-3-2-4-16-7-10/h5,10,13H,2-4,6-7H2,1H3,(H,14,15). The summed E-state index contributed by atoms with van der Waals surface area (Å²) < 4.78 is 0. The number of carbonyl (C=O) groups is 1. The number of nitrogens with one attached hydrogen (secondary N) is 1. The number of carboxylic acids is 1. The van der Waals surface area contributed by atoms with Crippen LogP contribution in [0, 0.1) is 6.92 Å². The van der Waals surface area contributed by atoms with Crippen LogP contribution in [-0.4, -0.2) is 28.6 Å². The van der Waals surface area contributed by atoms with Gasteiger partial charge in [0.15, 0.2) is 0 Å². The third kappa shape index (κ3) is 3.47. The van der Waals surface area contributed by atoms with E-state index in [1.165, 1.54) is 35.7 Å². The highest BCUT2D eigenvalue weighted by Crippen LogP contribution is 2.22. The quantitative estimate of drug-likeness (QED) is 0.884. The molecule has 0 bridgehead atoms. The zero-order chi connectivity index (χ0) is 12.3. The maximum Gasteiger partial charge on any atom is 0.345 e. The molecular weight excluding hydrogens is 254 g/mol. The molecule has 1 aliphatic rings. The maximum absolute atomic E-state index is 10.9. The van der Waals surface area contributed by atoms with Gasteiger partial charge in [0.25, 0.3) is 0 Å². The molecule has 2 rings (SSSR count). The summed E-state index contributed by atoms with van der Waals surface area (Å²) in [7, 11) is 0. The van der Waals surface area contributed by atoms with Crippen molar-refractivity contribution in [2.45, 2.75) is 32.4 Å². The molecule has 1 aromatic rings. The Kier molecular flexibility index (Phi) is 4.48. The molecule has 1 unspecified atom stereocenters. The van der Waals surface area contributed by atoms with Crippen LogP contribution < -0.4 is 5.32 Å². The Labute approximate surface area is 110 Å². The van der Waals surface area contributed by atoms with E-state index >= 15 is 0 Å². The van der Waals surface area contributed by atoms with Gasteiger partial charge in [-0.15, -0.1) is 11.3 Å².